The molecule has 0 heterocycles. The summed E-state index contributed by atoms with van der Waals surface area (Å²) in [4.78, 5) is 41.2. The molecule has 0 aliphatic carbocycles. The van der Waals surface area contributed by atoms with Crippen molar-refractivity contribution in [3.05, 3.63) is 35.9 Å². The van der Waals surface area contributed by atoms with Crippen LogP contribution in [0.2, 0.25) is 0 Å². The van der Waals surface area contributed by atoms with E-state index in [-0.39, 0.29) is 18.5 Å². The molecule has 0 fully saturated rings. The first-order chi connectivity index (χ1) is 9.71. The van der Waals surface area contributed by atoms with Crippen molar-refractivity contribution in [2.75, 3.05) is 6.54 Å². The highest BCUT2D eigenvalue weighted by Gasteiger charge is 2.31. The fourth-order valence-corrected chi connectivity index (χ4v) is 2.29. The van der Waals surface area contributed by atoms with Gasteiger partial charge in [-0.1, -0.05) is 18.2 Å². The fourth-order valence-electron chi connectivity index (χ4n) is 1.55. The highest BCUT2D eigenvalue weighted by molar-refractivity contribution is 7.52. The van der Waals surface area contributed by atoms with Crippen LogP contribution in [0, 0.1) is 0 Å². The predicted octanol–water partition coefficient (Wildman–Crippen LogP) is 0.548. The summed E-state index contributed by atoms with van der Waals surface area (Å²) < 4.78 is 11.4. The number of rotatable bonds is 6. The van der Waals surface area contributed by atoms with Gasteiger partial charge >= 0.3 is 7.60 Å². The van der Waals surface area contributed by atoms with Gasteiger partial charge in [-0.25, -0.2) is 5.06 Å². The maximum Gasteiger partial charge on any atom is 0.347 e. The van der Waals surface area contributed by atoms with Gasteiger partial charge in [-0.05, 0) is 18.6 Å². The zero-order valence-electron chi connectivity index (χ0n) is 11.3. The van der Waals surface area contributed by atoms with Crippen LogP contribution in [0.15, 0.2) is 30.3 Å². The molecule has 0 saturated heterocycles. The highest BCUT2D eigenvalue weighted by atomic mass is 31.2. The molecule has 2 amide bonds. The topological polar surface area (TPSA) is 127 Å². The van der Waals surface area contributed by atoms with Crippen LogP contribution in [0.5, 0.6) is 0 Å². The number of carbonyl (C=O) groups is 2. The van der Waals surface area contributed by atoms with E-state index in [1.54, 1.807) is 18.2 Å². The Morgan fingerprint density at radius 2 is 1.86 bits per heavy atom. The summed E-state index contributed by atoms with van der Waals surface area (Å²) in [5.74, 6) is -2.79. The van der Waals surface area contributed by atoms with E-state index in [0.29, 0.717) is 5.06 Å². The van der Waals surface area contributed by atoms with Crippen molar-refractivity contribution in [1.29, 1.82) is 0 Å². The molecule has 0 aliphatic rings. The van der Waals surface area contributed by atoms with Crippen molar-refractivity contribution >= 4 is 19.4 Å². The lowest BCUT2D eigenvalue weighted by atomic mass is 10.2. The van der Waals surface area contributed by atoms with Gasteiger partial charge in [-0.2, -0.15) is 0 Å². The monoisotopic (exact) mass is 316 g/mol. The summed E-state index contributed by atoms with van der Waals surface area (Å²) in [6.07, 6.45) is -0.279. The van der Waals surface area contributed by atoms with Crippen LogP contribution in [0.3, 0.4) is 0 Å². The molecule has 0 saturated carbocycles. The second-order valence-electron chi connectivity index (χ2n) is 4.38. The second-order valence-corrected chi connectivity index (χ2v) is 6.18. The summed E-state index contributed by atoms with van der Waals surface area (Å²) in [6.45, 7) is 0.801. The molecule has 1 aromatic carbocycles. The van der Waals surface area contributed by atoms with Gasteiger partial charge in [0.25, 0.3) is 5.91 Å². The molecule has 0 bridgehead atoms. The molecule has 4 N–H and O–H groups in total. The Balaban J connectivity index is 2.74. The van der Waals surface area contributed by atoms with Crippen LogP contribution >= 0.6 is 7.60 Å². The normalized spacial score (nSPS) is 12.6. The lowest BCUT2D eigenvalue weighted by molar-refractivity contribution is -0.162. The van der Waals surface area contributed by atoms with E-state index in [4.69, 9.17) is 0 Å². The Labute approximate surface area is 121 Å². The second kappa shape index (κ2) is 7.33. The molecular weight excluding hydrogens is 299 g/mol. The smallest absolute Gasteiger partial charge is 0.338 e. The average molecular weight is 316 g/mol. The van der Waals surface area contributed by atoms with Gasteiger partial charge in [0.1, 0.15) is 5.78 Å². The van der Waals surface area contributed by atoms with Gasteiger partial charge in [-0.15, -0.1) is 0 Å². The number of hydrogen-bond donors (Lipinski definition) is 4. The summed E-state index contributed by atoms with van der Waals surface area (Å²) >= 11 is 0. The number of nitrogens with zero attached hydrogens (tertiary/aromatic N) is 1. The van der Waals surface area contributed by atoms with E-state index in [9.17, 15) is 29.1 Å². The number of hydroxylamine groups is 2. The van der Waals surface area contributed by atoms with Gasteiger partial charge < -0.3 is 15.1 Å². The van der Waals surface area contributed by atoms with Crippen molar-refractivity contribution in [3.8, 4) is 0 Å². The third kappa shape index (κ3) is 5.65. The van der Waals surface area contributed by atoms with Gasteiger partial charge in [0.05, 0.1) is 6.54 Å². The minimum absolute atomic E-state index is 0.253. The SMILES string of the molecule is CC(=O)N(O)CCC(NC(=O)c1ccccc1)P(=O)(O)O. The van der Waals surface area contributed by atoms with Crippen molar-refractivity contribution in [1.82, 2.24) is 10.4 Å². The third-order valence-electron chi connectivity index (χ3n) is 2.72. The molecule has 1 aromatic rings. The van der Waals surface area contributed by atoms with Crippen LogP contribution in [-0.4, -0.2) is 44.2 Å². The number of nitrogens with one attached hydrogen (secondary N) is 1. The Kier molecular flexibility index (Phi) is 6.04. The molecule has 0 radical (unpaired) electrons. The molecule has 0 aliphatic heterocycles. The minimum atomic E-state index is -4.62. The fraction of sp³-hybridized carbons (Fsp3) is 0.333. The molecule has 1 rings (SSSR count). The first-order valence-corrected chi connectivity index (χ1v) is 7.78. The van der Waals surface area contributed by atoms with E-state index in [1.807, 2.05) is 0 Å². The van der Waals surface area contributed by atoms with E-state index < -0.39 is 25.2 Å². The molecule has 1 unspecified atom stereocenters. The molecule has 0 aromatic heterocycles. The van der Waals surface area contributed by atoms with Crippen LogP contribution in [0.25, 0.3) is 0 Å². The van der Waals surface area contributed by atoms with Gasteiger partial charge in [0.2, 0.25) is 5.91 Å². The van der Waals surface area contributed by atoms with Crippen molar-refractivity contribution in [3.63, 3.8) is 0 Å². The van der Waals surface area contributed by atoms with Crippen molar-refractivity contribution < 1.29 is 29.1 Å². The quantitative estimate of drug-likeness (QED) is 0.345. The first kappa shape index (κ1) is 17.3. The summed E-state index contributed by atoms with van der Waals surface area (Å²) in [5.41, 5.74) is 0.253. The third-order valence-corrected chi connectivity index (χ3v) is 3.92. The van der Waals surface area contributed by atoms with E-state index >= 15 is 0 Å². The van der Waals surface area contributed by atoms with Crippen LogP contribution in [0.1, 0.15) is 23.7 Å². The standard InChI is InChI=1S/C12H17N2O6P/c1-9(15)14(17)8-7-11(21(18,19)20)13-12(16)10-5-3-2-4-6-10/h2-6,11,17H,7-8H2,1H3,(H,13,16)(H2,18,19,20). The molecule has 21 heavy (non-hydrogen) atoms. The van der Waals surface area contributed by atoms with Crippen LogP contribution < -0.4 is 5.32 Å². The molecule has 8 nitrogen and oxygen atoms in total. The largest absolute Gasteiger partial charge is 0.347 e. The van der Waals surface area contributed by atoms with Crippen molar-refractivity contribution in [2.24, 2.45) is 0 Å². The zero-order valence-corrected chi connectivity index (χ0v) is 12.2. The molecule has 0 spiro atoms. The molecule has 116 valence electrons. The Morgan fingerprint density at radius 1 is 1.29 bits per heavy atom. The summed E-state index contributed by atoms with van der Waals surface area (Å²) in [7, 11) is -4.62. The average Bonchev–Trinajstić information content (AvgIpc) is 2.42. The maximum atomic E-state index is 11.9. The molecule has 1 atom stereocenters. The lowest BCUT2D eigenvalue weighted by Gasteiger charge is -2.22. The lowest BCUT2D eigenvalue weighted by Crippen LogP contribution is -2.38. The van der Waals surface area contributed by atoms with Crippen molar-refractivity contribution in [2.45, 2.75) is 19.1 Å². The summed E-state index contributed by atoms with van der Waals surface area (Å²) in [6, 6.07) is 7.94. The number of hydrogen-bond acceptors (Lipinski definition) is 4. The Morgan fingerprint density at radius 3 is 2.33 bits per heavy atom. The molecular formula is C12H17N2O6P. The first-order valence-electron chi connectivity index (χ1n) is 6.10. The van der Waals surface area contributed by atoms with Gasteiger partial charge in [0.15, 0.2) is 0 Å². The minimum Gasteiger partial charge on any atom is -0.338 e. The van der Waals surface area contributed by atoms with E-state index in [2.05, 4.69) is 5.32 Å². The van der Waals surface area contributed by atoms with Gasteiger partial charge in [0, 0.05) is 12.5 Å². The number of benzene rings is 1. The van der Waals surface area contributed by atoms with Gasteiger partial charge in [-0.3, -0.25) is 19.4 Å². The molecule has 9 heteroatoms. The number of carbonyl (C=O) groups excluding carboxylic acids is 2. The van der Waals surface area contributed by atoms with Crippen LogP contribution in [-0.2, 0) is 9.36 Å². The van der Waals surface area contributed by atoms with E-state index in [1.165, 1.54) is 12.1 Å². The number of amides is 2. The predicted molar refractivity (Wildman–Crippen MR) is 73.5 cm³/mol. The Bertz CT molecular complexity index is 544. The van der Waals surface area contributed by atoms with Crippen LogP contribution in [0.4, 0.5) is 0 Å². The summed E-state index contributed by atoms with van der Waals surface area (Å²) in [5, 5.41) is 11.8. The highest BCUT2D eigenvalue weighted by Crippen LogP contribution is 2.41. The van der Waals surface area contributed by atoms with E-state index in [0.717, 1.165) is 6.92 Å². The zero-order chi connectivity index (χ0) is 16.0. The Hall–Kier alpha value is -1.73. The maximum absolute atomic E-state index is 11.9.